The zero-order valence-corrected chi connectivity index (χ0v) is 41.9. The maximum absolute atomic E-state index is 3.69. The van der Waals surface area contributed by atoms with Crippen LogP contribution in [0.5, 0.6) is 0 Å². The zero-order valence-electron chi connectivity index (χ0n) is 39.7. The molecule has 2 unspecified atom stereocenters. The Morgan fingerprint density at radius 2 is 0.556 bits per heavy atom. The Kier molecular flexibility index (Phi) is 15.3. The molecule has 6 heteroatoms. The summed E-state index contributed by atoms with van der Waals surface area (Å²) in [5.74, 6) is 0. The molecule has 11 aromatic carbocycles. The standard InChI is InChI=1S/C36H30N2P2.C30H24N2/c39-33-23-25-34(26-24-33)40-38(32-21-17-30(18-22-32)28-11-5-2-6-12-28)36-14-8-7-13-35(36)37-31-19-15-29(16-20-31)27-9-3-1-4-10-27;1-3-9-23(10-4-1)25-15-19-27(20-16-25)31-29-13-7-8-14-30(29)32-28-21-17-26(18-22-28)24-11-5-2-6-12-24/h1-26,37,40H,39H2;1-22,31-32H. The zero-order chi connectivity index (χ0) is 48.7. The van der Waals surface area contributed by atoms with Crippen molar-refractivity contribution in [3.05, 3.63) is 291 Å². The summed E-state index contributed by atoms with van der Waals surface area (Å²) < 4.78 is 2.41. The van der Waals surface area contributed by atoms with Crippen LogP contribution < -0.4 is 31.2 Å². The van der Waals surface area contributed by atoms with Gasteiger partial charge in [-0.2, -0.15) is 0 Å². The number of anilines is 8. The predicted molar refractivity (Wildman–Crippen MR) is 316 cm³/mol. The van der Waals surface area contributed by atoms with E-state index in [0.29, 0.717) is 8.73 Å². The third-order valence-electron chi connectivity index (χ3n) is 12.3. The first-order chi connectivity index (χ1) is 35.6. The molecule has 2 atom stereocenters. The minimum atomic E-state index is 0.430. The minimum absolute atomic E-state index is 0.430. The molecule has 0 aliphatic rings. The summed E-state index contributed by atoms with van der Waals surface area (Å²) in [6, 6.07) is 102. The average molecular weight is 965 g/mol. The van der Waals surface area contributed by atoms with E-state index >= 15 is 0 Å². The fourth-order valence-electron chi connectivity index (χ4n) is 8.46. The molecule has 0 saturated heterocycles. The van der Waals surface area contributed by atoms with Gasteiger partial charge >= 0.3 is 0 Å². The van der Waals surface area contributed by atoms with Crippen molar-refractivity contribution < 1.29 is 0 Å². The second kappa shape index (κ2) is 23.4. The van der Waals surface area contributed by atoms with Crippen molar-refractivity contribution in [2.24, 2.45) is 0 Å². The van der Waals surface area contributed by atoms with Gasteiger partial charge in [-0.05, 0) is 128 Å². The second-order valence-electron chi connectivity index (χ2n) is 17.2. The van der Waals surface area contributed by atoms with Gasteiger partial charge < -0.3 is 20.6 Å². The van der Waals surface area contributed by atoms with Crippen molar-refractivity contribution >= 4 is 74.1 Å². The Bertz CT molecular complexity index is 3310. The van der Waals surface area contributed by atoms with E-state index in [1.165, 1.54) is 55.1 Å². The quantitative estimate of drug-likeness (QED) is 0.0950. The summed E-state index contributed by atoms with van der Waals surface area (Å²) in [6.45, 7) is 0. The van der Waals surface area contributed by atoms with Gasteiger partial charge in [0.1, 0.15) is 0 Å². The van der Waals surface area contributed by atoms with Crippen LogP contribution in [0.3, 0.4) is 0 Å². The number of rotatable bonds is 14. The highest BCUT2D eigenvalue weighted by atomic mass is 31.1. The second-order valence-corrected chi connectivity index (χ2v) is 19.2. The molecule has 4 nitrogen and oxygen atoms in total. The molecule has 0 heterocycles. The molecule has 0 spiro atoms. The lowest BCUT2D eigenvalue weighted by Crippen LogP contribution is -2.13. The fraction of sp³-hybridized carbons (Fsp3) is 0. The Hall–Kier alpha value is -8.52. The normalized spacial score (nSPS) is 10.8. The van der Waals surface area contributed by atoms with Gasteiger partial charge in [-0.15, -0.1) is 9.24 Å². The van der Waals surface area contributed by atoms with E-state index in [4.69, 9.17) is 0 Å². The lowest BCUT2D eigenvalue weighted by Gasteiger charge is -2.28. The summed E-state index contributed by atoms with van der Waals surface area (Å²) in [6.07, 6.45) is 0. The number of benzene rings is 11. The average Bonchev–Trinajstić information content (AvgIpc) is 3.45. The van der Waals surface area contributed by atoms with Crippen LogP contribution in [0, 0.1) is 0 Å². The predicted octanol–water partition coefficient (Wildman–Crippen LogP) is 17.8. The van der Waals surface area contributed by atoms with Crippen LogP contribution in [0.4, 0.5) is 45.5 Å². The molecule has 0 saturated carbocycles. The maximum atomic E-state index is 3.69. The van der Waals surface area contributed by atoms with Gasteiger partial charge in [0.15, 0.2) is 0 Å². The molecular formula is C66H54N4P2. The van der Waals surface area contributed by atoms with E-state index in [2.05, 4.69) is 291 Å². The van der Waals surface area contributed by atoms with E-state index in [-0.39, 0.29) is 0 Å². The third-order valence-corrected chi connectivity index (χ3v) is 14.0. The Morgan fingerprint density at radius 1 is 0.264 bits per heavy atom. The first-order valence-electron chi connectivity index (χ1n) is 24.1. The number of hydrogen-bond donors (Lipinski definition) is 3. The lowest BCUT2D eigenvalue weighted by atomic mass is 10.1. The molecule has 0 aliphatic carbocycles. The van der Waals surface area contributed by atoms with E-state index in [9.17, 15) is 0 Å². The number of hydrogen-bond acceptors (Lipinski definition) is 4. The Balaban J connectivity index is 0.000000170. The summed E-state index contributed by atoms with van der Waals surface area (Å²) in [4.78, 5) is 0. The molecule has 0 aliphatic heterocycles. The molecule has 0 radical (unpaired) electrons. The van der Waals surface area contributed by atoms with E-state index in [0.717, 1.165) is 45.5 Å². The monoisotopic (exact) mass is 964 g/mol. The Morgan fingerprint density at radius 3 is 0.931 bits per heavy atom. The van der Waals surface area contributed by atoms with Crippen LogP contribution >= 0.6 is 18.0 Å². The molecule has 0 amide bonds. The smallest absolute Gasteiger partial charge is 0.0684 e. The highest BCUT2D eigenvalue weighted by Crippen LogP contribution is 2.42. The number of para-hydroxylation sites is 4. The highest BCUT2D eigenvalue weighted by Gasteiger charge is 2.16. The topological polar surface area (TPSA) is 39.3 Å². The van der Waals surface area contributed by atoms with Gasteiger partial charge in [-0.3, -0.25) is 0 Å². The van der Waals surface area contributed by atoms with Crippen LogP contribution in [0.2, 0.25) is 0 Å². The third kappa shape index (κ3) is 12.3. The molecule has 72 heavy (non-hydrogen) atoms. The van der Waals surface area contributed by atoms with Crippen LogP contribution in [0.1, 0.15) is 0 Å². The first kappa shape index (κ1) is 47.2. The van der Waals surface area contributed by atoms with Gasteiger partial charge in [0.2, 0.25) is 0 Å². The van der Waals surface area contributed by atoms with Crippen molar-refractivity contribution in [1.29, 1.82) is 0 Å². The van der Waals surface area contributed by atoms with Crippen molar-refractivity contribution in [2.45, 2.75) is 0 Å². The molecule has 11 rings (SSSR count). The fourth-order valence-corrected chi connectivity index (χ4v) is 9.82. The Labute approximate surface area is 428 Å². The van der Waals surface area contributed by atoms with Crippen molar-refractivity contribution in [3.8, 4) is 44.5 Å². The summed E-state index contributed by atoms with van der Waals surface area (Å²) >= 11 is 0. The maximum Gasteiger partial charge on any atom is 0.0684 e. The molecule has 0 bridgehead atoms. The summed E-state index contributed by atoms with van der Waals surface area (Å²) in [5.41, 5.74) is 18.3. The van der Waals surface area contributed by atoms with Crippen LogP contribution in [0.25, 0.3) is 44.5 Å². The SMILES string of the molecule is Pc1ccc(PN(c2ccc(-c3ccccc3)cc2)c2ccccc2Nc2ccc(-c3ccccc3)cc2)cc1.c1ccc(-c2ccc(Nc3ccccc3Nc3ccc(-c4ccccc4)cc3)cc2)cc1. The van der Waals surface area contributed by atoms with Crippen LogP contribution in [0.15, 0.2) is 291 Å². The van der Waals surface area contributed by atoms with Gasteiger partial charge in [-0.1, -0.05) is 218 Å². The largest absolute Gasteiger partial charge is 0.354 e. The molecule has 11 aromatic rings. The van der Waals surface area contributed by atoms with Crippen molar-refractivity contribution in [1.82, 2.24) is 0 Å². The minimum Gasteiger partial charge on any atom is -0.354 e. The summed E-state index contributed by atoms with van der Waals surface area (Å²) in [7, 11) is 3.21. The van der Waals surface area contributed by atoms with Gasteiger partial charge in [0.25, 0.3) is 0 Å². The number of nitrogens with zero attached hydrogens (tertiary/aromatic N) is 1. The van der Waals surface area contributed by atoms with Crippen molar-refractivity contribution in [2.75, 3.05) is 20.6 Å². The molecular weight excluding hydrogens is 911 g/mol. The lowest BCUT2D eigenvalue weighted by molar-refractivity contribution is 1.41. The molecule has 0 aromatic heterocycles. The number of nitrogens with one attached hydrogen (secondary N) is 3. The highest BCUT2D eigenvalue weighted by molar-refractivity contribution is 7.49. The van der Waals surface area contributed by atoms with E-state index < -0.39 is 0 Å². The van der Waals surface area contributed by atoms with Gasteiger partial charge in [0.05, 0.1) is 22.7 Å². The van der Waals surface area contributed by atoms with Crippen LogP contribution in [-0.4, -0.2) is 0 Å². The summed E-state index contributed by atoms with van der Waals surface area (Å²) in [5, 5.41) is 13.3. The molecule has 0 fully saturated rings. The van der Waals surface area contributed by atoms with Crippen LogP contribution in [-0.2, 0) is 0 Å². The van der Waals surface area contributed by atoms with E-state index in [1.54, 1.807) is 0 Å². The van der Waals surface area contributed by atoms with E-state index in [1.807, 2.05) is 30.3 Å². The molecule has 3 N–H and O–H groups in total. The van der Waals surface area contributed by atoms with Crippen molar-refractivity contribution in [3.63, 3.8) is 0 Å². The van der Waals surface area contributed by atoms with Gasteiger partial charge in [-0.25, -0.2) is 0 Å². The van der Waals surface area contributed by atoms with Gasteiger partial charge in [0, 0.05) is 31.5 Å². The molecule has 348 valence electrons. The first-order valence-corrected chi connectivity index (χ1v) is 25.6.